The van der Waals surface area contributed by atoms with Crippen molar-refractivity contribution in [3.63, 3.8) is 0 Å². The van der Waals surface area contributed by atoms with E-state index < -0.39 is 0 Å². The van der Waals surface area contributed by atoms with Crippen molar-refractivity contribution in [2.24, 2.45) is 0 Å². The van der Waals surface area contributed by atoms with Crippen LogP contribution < -0.4 is 10.6 Å². The normalized spacial score (nSPS) is 14.7. The van der Waals surface area contributed by atoms with Crippen LogP contribution in [0, 0.1) is 0 Å². The number of benzene rings is 2. The summed E-state index contributed by atoms with van der Waals surface area (Å²) in [6.45, 7) is 2.20. The zero-order valence-corrected chi connectivity index (χ0v) is 14.5. The highest BCUT2D eigenvalue weighted by Gasteiger charge is 2.15. The molecule has 0 radical (unpaired) electrons. The molecule has 0 spiro atoms. The van der Waals surface area contributed by atoms with Gasteiger partial charge in [0.25, 0.3) is 0 Å². The van der Waals surface area contributed by atoms with Gasteiger partial charge >= 0.3 is 0 Å². The molecule has 2 aromatic carbocycles. The SMILES string of the molecule is CC[C@@H](NC(=S)Nc1ccccc1)c1ccc2c(c1)CCCC2. The minimum absolute atomic E-state index is 0.255. The van der Waals surface area contributed by atoms with E-state index in [1.165, 1.54) is 42.4 Å². The predicted octanol–water partition coefficient (Wildman–Crippen LogP) is 5.00. The lowest BCUT2D eigenvalue weighted by Crippen LogP contribution is -2.32. The van der Waals surface area contributed by atoms with Gasteiger partial charge in [0, 0.05) is 5.69 Å². The van der Waals surface area contributed by atoms with E-state index in [2.05, 4.69) is 35.8 Å². The van der Waals surface area contributed by atoms with Gasteiger partial charge in [-0.05, 0) is 73.1 Å². The van der Waals surface area contributed by atoms with E-state index in [-0.39, 0.29) is 6.04 Å². The molecule has 1 atom stereocenters. The van der Waals surface area contributed by atoms with Gasteiger partial charge in [0.2, 0.25) is 0 Å². The molecule has 2 aromatic rings. The number of thiocarbonyl (C=S) groups is 1. The van der Waals surface area contributed by atoms with Crippen LogP contribution in [0.25, 0.3) is 0 Å². The van der Waals surface area contributed by atoms with Crippen LogP contribution in [0.4, 0.5) is 5.69 Å². The Morgan fingerprint density at radius 3 is 2.52 bits per heavy atom. The Morgan fingerprint density at radius 1 is 1.04 bits per heavy atom. The van der Waals surface area contributed by atoms with Crippen LogP contribution in [0.15, 0.2) is 48.5 Å². The molecule has 0 fully saturated rings. The van der Waals surface area contributed by atoms with Crippen LogP contribution in [-0.4, -0.2) is 5.11 Å². The summed E-state index contributed by atoms with van der Waals surface area (Å²) in [6.07, 6.45) is 6.09. The minimum atomic E-state index is 0.255. The topological polar surface area (TPSA) is 24.1 Å². The number of hydrogen-bond donors (Lipinski definition) is 2. The van der Waals surface area contributed by atoms with E-state index in [0.717, 1.165) is 12.1 Å². The zero-order valence-electron chi connectivity index (χ0n) is 13.6. The Hall–Kier alpha value is -1.87. The summed E-state index contributed by atoms with van der Waals surface area (Å²) in [5.74, 6) is 0. The maximum Gasteiger partial charge on any atom is 0.171 e. The molecule has 1 aliphatic carbocycles. The lowest BCUT2D eigenvalue weighted by Gasteiger charge is -2.23. The molecule has 0 heterocycles. The fraction of sp³-hybridized carbons (Fsp3) is 0.350. The van der Waals surface area contributed by atoms with E-state index in [0.29, 0.717) is 5.11 Å². The van der Waals surface area contributed by atoms with Gasteiger partial charge in [-0.2, -0.15) is 0 Å². The van der Waals surface area contributed by atoms with Gasteiger partial charge in [-0.15, -0.1) is 0 Å². The quantitative estimate of drug-likeness (QED) is 0.774. The first-order chi connectivity index (χ1) is 11.3. The molecule has 0 saturated heterocycles. The predicted molar refractivity (Wildman–Crippen MR) is 102 cm³/mol. The second-order valence-electron chi connectivity index (χ2n) is 6.16. The highest BCUT2D eigenvalue weighted by molar-refractivity contribution is 7.80. The molecule has 0 bridgehead atoms. The van der Waals surface area contributed by atoms with E-state index in [4.69, 9.17) is 12.2 Å². The van der Waals surface area contributed by atoms with Gasteiger partial charge in [0.05, 0.1) is 6.04 Å². The smallest absolute Gasteiger partial charge is 0.171 e. The first-order valence-electron chi connectivity index (χ1n) is 8.50. The van der Waals surface area contributed by atoms with E-state index in [1.807, 2.05) is 30.3 Å². The maximum atomic E-state index is 5.48. The first-order valence-corrected chi connectivity index (χ1v) is 8.91. The molecule has 120 valence electrons. The van der Waals surface area contributed by atoms with Gasteiger partial charge in [-0.3, -0.25) is 0 Å². The van der Waals surface area contributed by atoms with Crippen LogP contribution in [0.1, 0.15) is 48.9 Å². The second kappa shape index (κ2) is 7.60. The van der Waals surface area contributed by atoms with Crippen molar-refractivity contribution in [1.29, 1.82) is 0 Å². The third-order valence-corrected chi connectivity index (χ3v) is 4.74. The van der Waals surface area contributed by atoms with E-state index >= 15 is 0 Å². The molecule has 3 rings (SSSR count). The molecule has 23 heavy (non-hydrogen) atoms. The number of nitrogens with one attached hydrogen (secondary N) is 2. The van der Waals surface area contributed by atoms with E-state index in [9.17, 15) is 0 Å². The van der Waals surface area contributed by atoms with Crippen LogP contribution >= 0.6 is 12.2 Å². The molecule has 0 aromatic heterocycles. The largest absolute Gasteiger partial charge is 0.356 e. The number of para-hydroxylation sites is 1. The minimum Gasteiger partial charge on any atom is -0.356 e. The number of anilines is 1. The molecule has 0 aliphatic heterocycles. The number of aryl methyl sites for hydroxylation is 2. The summed E-state index contributed by atoms with van der Waals surface area (Å²) in [5, 5.41) is 7.40. The fourth-order valence-electron chi connectivity index (χ4n) is 3.24. The van der Waals surface area contributed by atoms with Gasteiger partial charge in [-0.1, -0.05) is 43.3 Å². The number of rotatable bonds is 4. The van der Waals surface area contributed by atoms with Crippen LogP contribution in [0.5, 0.6) is 0 Å². The van der Waals surface area contributed by atoms with Crippen molar-refractivity contribution in [2.45, 2.75) is 45.1 Å². The molecular formula is C20H24N2S. The molecule has 2 N–H and O–H groups in total. The maximum absolute atomic E-state index is 5.48. The van der Waals surface area contributed by atoms with Gasteiger partial charge in [0.15, 0.2) is 5.11 Å². The average molecular weight is 324 g/mol. The summed E-state index contributed by atoms with van der Waals surface area (Å²) < 4.78 is 0. The Labute approximate surface area is 144 Å². The fourth-order valence-corrected chi connectivity index (χ4v) is 3.50. The number of fused-ring (bicyclic) bond motifs is 1. The van der Waals surface area contributed by atoms with Crippen molar-refractivity contribution in [2.75, 3.05) is 5.32 Å². The third kappa shape index (κ3) is 4.11. The molecule has 1 aliphatic rings. The molecule has 0 saturated carbocycles. The van der Waals surface area contributed by atoms with Crippen molar-refractivity contribution < 1.29 is 0 Å². The second-order valence-corrected chi connectivity index (χ2v) is 6.57. The highest BCUT2D eigenvalue weighted by Crippen LogP contribution is 2.26. The Balaban J connectivity index is 1.68. The summed E-state index contributed by atoms with van der Waals surface area (Å²) >= 11 is 5.48. The molecule has 0 amide bonds. The Morgan fingerprint density at radius 2 is 1.78 bits per heavy atom. The molecule has 0 unspecified atom stereocenters. The highest BCUT2D eigenvalue weighted by atomic mass is 32.1. The van der Waals surface area contributed by atoms with Crippen molar-refractivity contribution in [3.05, 3.63) is 65.2 Å². The van der Waals surface area contributed by atoms with Gasteiger partial charge < -0.3 is 10.6 Å². The van der Waals surface area contributed by atoms with Crippen LogP contribution in [-0.2, 0) is 12.8 Å². The molecule has 3 heteroatoms. The van der Waals surface area contributed by atoms with Gasteiger partial charge in [0.1, 0.15) is 0 Å². The summed E-state index contributed by atoms with van der Waals surface area (Å²) in [7, 11) is 0. The lowest BCUT2D eigenvalue weighted by atomic mass is 9.89. The Kier molecular flexibility index (Phi) is 5.29. The first kappa shape index (κ1) is 16.0. The average Bonchev–Trinajstić information content (AvgIpc) is 2.60. The monoisotopic (exact) mass is 324 g/mol. The zero-order chi connectivity index (χ0) is 16.1. The van der Waals surface area contributed by atoms with Crippen molar-refractivity contribution in [1.82, 2.24) is 5.32 Å². The van der Waals surface area contributed by atoms with Crippen molar-refractivity contribution >= 4 is 23.0 Å². The summed E-state index contributed by atoms with van der Waals surface area (Å²) in [4.78, 5) is 0. The third-order valence-electron chi connectivity index (χ3n) is 4.52. The standard InChI is InChI=1S/C20H24N2S/c1-2-19(22-20(23)21-18-10-4-3-5-11-18)17-13-12-15-8-6-7-9-16(15)14-17/h3-5,10-14,19H,2,6-9H2,1H3,(H2,21,22,23)/t19-/m1/s1. The lowest BCUT2D eigenvalue weighted by molar-refractivity contribution is 0.623. The van der Waals surface area contributed by atoms with Crippen molar-refractivity contribution in [3.8, 4) is 0 Å². The van der Waals surface area contributed by atoms with Crippen LogP contribution in [0.3, 0.4) is 0 Å². The van der Waals surface area contributed by atoms with E-state index in [1.54, 1.807) is 0 Å². The summed E-state index contributed by atoms with van der Waals surface area (Å²) in [6, 6.07) is 17.3. The van der Waals surface area contributed by atoms with Gasteiger partial charge in [-0.25, -0.2) is 0 Å². The summed E-state index contributed by atoms with van der Waals surface area (Å²) in [5.41, 5.74) is 5.41. The molecule has 2 nitrogen and oxygen atoms in total. The Bertz CT molecular complexity index is 667. The van der Waals surface area contributed by atoms with Crippen LogP contribution in [0.2, 0.25) is 0 Å². The molecular weight excluding hydrogens is 300 g/mol. The number of hydrogen-bond acceptors (Lipinski definition) is 1.